The van der Waals surface area contributed by atoms with E-state index in [1.54, 1.807) is 0 Å². The van der Waals surface area contributed by atoms with E-state index in [9.17, 15) is 0 Å². The quantitative estimate of drug-likeness (QED) is 0.570. The second-order valence-electron chi connectivity index (χ2n) is 5.24. The second-order valence-corrected chi connectivity index (χ2v) is 5.24. The molecule has 0 bridgehead atoms. The van der Waals surface area contributed by atoms with Gasteiger partial charge in [-0.2, -0.15) is 0 Å². The molecule has 2 N–H and O–H groups in total. The molecule has 0 spiro atoms. The van der Waals surface area contributed by atoms with Crippen molar-refractivity contribution in [3.63, 3.8) is 0 Å². The molecule has 1 atom stereocenters. The first-order valence-corrected chi connectivity index (χ1v) is 7.50. The van der Waals surface area contributed by atoms with Gasteiger partial charge in [-0.25, -0.2) is 0 Å². The van der Waals surface area contributed by atoms with Crippen molar-refractivity contribution in [2.45, 2.75) is 39.5 Å². The van der Waals surface area contributed by atoms with Crippen LogP contribution in [0.15, 0.2) is 0 Å². The zero-order chi connectivity index (χ0) is 12.3. The van der Waals surface area contributed by atoms with Gasteiger partial charge in [-0.05, 0) is 57.8 Å². The van der Waals surface area contributed by atoms with Crippen LogP contribution in [0.1, 0.15) is 39.5 Å². The lowest BCUT2D eigenvalue weighted by molar-refractivity contribution is 0.318. The smallest absolute Gasteiger partial charge is 0.0107 e. The number of hydrogen-bond acceptors (Lipinski definition) is 3. The molecule has 0 saturated carbocycles. The lowest BCUT2D eigenvalue weighted by Crippen LogP contribution is -2.31. The standard InChI is InChI=1S/C14H31N3/c1-3-7-15-9-5-14-6-11-17(13-14)12-10-16-8-4-2/h14-16H,3-13H2,1-2H3. The van der Waals surface area contributed by atoms with Gasteiger partial charge >= 0.3 is 0 Å². The van der Waals surface area contributed by atoms with Crippen molar-refractivity contribution in [1.29, 1.82) is 0 Å². The molecular formula is C14H31N3. The molecule has 1 fully saturated rings. The lowest BCUT2D eigenvalue weighted by atomic mass is 10.1. The molecule has 1 aliphatic heterocycles. The van der Waals surface area contributed by atoms with Crippen molar-refractivity contribution in [2.24, 2.45) is 5.92 Å². The van der Waals surface area contributed by atoms with Crippen LogP contribution in [-0.2, 0) is 0 Å². The maximum atomic E-state index is 3.51. The molecule has 1 heterocycles. The van der Waals surface area contributed by atoms with Crippen molar-refractivity contribution >= 4 is 0 Å². The van der Waals surface area contributed by atoms with Crippen LogP contribution in [0.4, 0.5) is 0 Å². The monoisotopic (exact) mass is 241 g/mol. The third-order valence-corrected chi connectivity index (χ3v) is 3.56. The van der Waals surface area contributed by atoms with Gasteiger partial charge in [-0.15, -0.1) is 0 Å². The summed E-state index contributed by atoms with van der Waals surface area (Å²) in [4.78, 5) is 2.62. The van der Waals surface area contributed by atoms with E-state index in [1.165, 1.54) is 58.4 Å². The lowest BCUT2D eigenvalue weighted by Gasteiger charge is -2.16. The van der Waals surface area contributed by atoms with Crippen LogP contribution in [0, 0.1) is 5.92 Å². The molecule has 1 unspecified atom stereocenters. The summed E-state index contributed by atoms with van der Waals surface area (Å²) in [6.45, 7) is 13.0. The van der Waals surface area contributed by atoms with Gasteiger partial charge in [0.1, 0.15) is 0 Å². The molecule has 3 nitrogen and oxygen atoms in total. The van der Waals surface area contributed by atoms with Crippen molar-refractivity contribution in [2.75, 3.05) is 45.8 Å². The van der Waals surface area contributed by atoms with Crippen LogP contribution in [0.25, 0.3) is 0 Å². The Hall–Kier alpha value is -0.120. The molecular weight excluding hydrogens is 210 g/mol. The van der Waals surface area contributed by atoms with Crippen molar-refractivity contribution in [3.05, 3.63) is 0 Å². The molecule has 0 aliphatic carbocycles. The van der Waals surface area contributed by atoms with Gasteiger partial charge in [0.25, 0.3) is 0 Å². The minimum Gasteiger partial charge on any atom is -0.317 e. The Morgan fingerprint density at radius 1 is 1.00 bits per heavy atom. The zero-order valence-corrected chi connectivity index (χ0v) is 11.8. The molecule has 1 aliphatic rings. The van der Waals surface area contributed by atoms with Crippen LogP contribution in [0.3, 0.4) is 0 Å². The summed E-state index contributed by atoms with van der Waals surface area (Å²) >= 11 is 0. The van der Waals surface area contributed by atoms with E-state index in [1.807, 2.05) is 0 Å². The first kappa shape index (κ1) is 14.9. The molecule has 102 valence electrons. The Kier molecular flexibility index (Phi) is 8.67. The van der Waals surface area contributed by atoms with Crippen molar-refractivity contribution < 1.29 is 0 Å². The predicted octanol–water partition coefficient (Wildman–Crippen LogP) is 1.70. The van der Waals surface area contributed by atoms with E-state index in [4.69, 9.17) is 0 Å². The summed E-state index contributed by atoms with van der Waals surface area (Å²) < 4.78 is 0. The number of nitrogens with one attached hydrogen (secondary N) is 2. The third kappa shape index (κ3) is 7.02. The highest BCUT2D eigenvalue weighted by atomic mass is 15.2. The summed E-state index contributed by atoms with van der Waals surface area (Å²) in [6.07, 6.45) is 5.26. The molecule has 17 heavy (non-hydrogen) atoms. The van der Waals surface area contributed by atoms with E-state index in [0.29, 0.717) is 0 Å². The first-order valence-electron chi connectivity index (χ1n) is 7.50. The average molecular weight is 241 g/mol. The summed E-state index contributed by atoms with van der Waals surface area (Å²) in [5, 5.41) is 6.99. The maximum absolute atomic E-state index is 3.51. The van der Waals surface area contributed by atoms with E-state index in [-0.39, 0.29) is 0 Å². The predicted molar refractivity (Wildman–Crippen MR) is 75.5 cm³/mol. The van der Waals surface area contributed by atoms with Crippen molar-refractivity contribution in [3.8, 4) is 0 Å². The normalized spacial score (nSPS) is 21.2. The van der Waals surface area contributed by atoms with E-state index in [2.05, 4.69) is 29.4 Å². The fraction of sp³-hybridized carbons (Fsp3) is 1.00. The fourth-order valence-corrected chi connectivity index (χ4v) is 2.50. The molecule has 0 aromatic rings. The Bertz CT molecular complexity index is 155. The summed E-state index contributed by atoms with van der Waals surface area (Å²) in [7, 11) is 0. The Morgan fingerprint density at radius 3 is 2.41 bits per heavy atom. The molecule has 0 radical (unpaired) electrons. The Balaban J connectivity index is 1.95. The molecule has 0 aromatic carbocycles. The van der Waals surface area contributed by atoms with Crippen molar-refractivity contribution in [1.82, 2.24) is 15.5 Å². The van der Waals surface area contributed by atoms with Gasteiger partial charge in [0.15, 0.2) is 0 Å². The van der Waals surface area contributed by atoms with Gasteiger partial charge in [-0.3, -0.25) is 0 Å². The molecule has 0 amide bonds. The third-order valence-electron chi connectivity index (χ3n) is 3.56. The summed E-state index contributed by atoms with van der Waals surface area (Å²) in [5.74, 6) is 0.936. The first-order chi connectivity index (χ1) is 8.36. The SMILES string of the molecule is CCCNCCC1CCN(CCNCCC)C1. The van der Waals surface area contributed by atoms with E-state index in [0.717, 1.165) is 19.0 Å². The van der Waals surface area contributed by atoms with E-state index >= 15 is 0 Å². The van der Waals surface area contributed by atoms with Gasteiger partial charge in [0, 0.05) is 19.6 Å². The van der Waals surface area contributed by atoms with Crippen LogP contribution >= 0.6 is 0 Å². The molecule has 3 heteroatoms. The van der Waals surface area contributed by atoms with Crippen LogP contribution in [-0.4, -0.2) is 50.7 Å². The number of likely N-dealkylation sites (tertiary alicyclic amines) is 1. The summed E-state index contributed by atoms with van der Waals surface area (Å²) in [5.41, 5.74) is 0. The van der Waals surface area contributed by atoms with E-state index < -0.39 is 0 Å². The van der Waals surface area contributed by atoms with Crippen LogP contribution in [0.2, 0.25) is 0 Å². The minimum absolute atomic E-state index is 0.936. The van der Waals surface area contributed by atoms with Gasteiger partial charge < -0.3 is 15.5 Å². The topological polar surface area (TPSA) is 27.3 Å². The average Bonchev–Trinajstić information content (AvgIpc) is 2.78. The number of hydrogen-bond donors (Lipinski definition) is 2. The van der Waals surface area contributed by atoms with Crippen LogP contribution in [0.5, 0.6) is 0 Å². The van der Waals surface area contributed by atoms with Gasteiger partial charge in [0.2, 0.25) is 0 Å². The maximum Gasteiger partial charge on any atom is 0.0107 e. The second kappa shape index (κ2) is 9.86. The molecule has 1 saturated heterocycles. The van der Waals surface area contributed by atoms with Gasteiger partial charge in [0.05, 0.1) is 0 Å². The zero-order valence-electron chi connectivity index (χ0n) is 11.8. The number of rotatable bonds is 10. The fourth-order valence-electron chi connectivity index (χ4n) is 2.50. The number of nitrogens with zero attached hydrogens (tertiary/aromatic N) is 1. The highest BCUT2D eigenvalue weighted by molar-refractivity contribution is 4.76. The summed E-state index contributed by atoms with van der Waals surface area (Å²) in [6, 6.07) is 0. The highest BCUT2D eigenvalue weighted by Crippen LogP contribution is 2.18. The highest BCUT2D eigenvalue weighted by Gasteiger charge is 2.21. The molecule has 0 aromatic heterocycles. The minimum atomic E-state index is 0.936. The molecule has 1 rings (SSSR count). The Labute approximate surface area is 107 Å². The van der Waals surface area contributed by atoms with Gasteiger partial charge in [-0.1, -0.05) is 13.8 Å². The van der Waals surface area contributed by atoms with Crippen LogP contribution < -0.4 is 10.6 Å². The largest absolute Gasteiger partial charge is 0.317 e. The Morgan fingerprint density at radius 2 is 1.71 bits per heavy atom.